The van der Waals surface area contributed by atoms with Crippen molar-refractivity contribution in [2.75, 3.05) is 19.5 Å². The Morgan fingerprint density at radius 2 is 1.84 bits per heavy atom. The van der Waals surface area contributed by atoms with Gasteiger partial charge in [0.1, 0.15) is 23.6 Å². The second-order valence-corrected chi connectivity index (χ2v) is 5.36. The highest BCUT2D eigenvalue weighted by molar-refractivity contribution is 6.06. The average Bonchev–Trinajstić information content (AvgIpc) is 2.65. The molecule has 0 saturated carbocycles. The molecule has 25 heavy (non-hydrogen) atoms. The van der Waals surface area contributed by atoms with Gasteiger partial charge in [0.25, 0.3) is 5.91 Å². The van der Waals surface area contributed by atoms with Crippen LogP contribution in [0, 0.1) is 0 Å². The minimum atomic E-state index is -0.521. The number of ether oxygens (including phenoxy) is 2. The summed E-state index contributed by atoms with van der Waals surface area (Å²) in [4.78, 5) is 20.0. The summed E-state index contributed by atoms with van der Waals surface area (Å²) in [6.07, 6.45) is 1.41. The van der Waals surface area contributed by atoms with Crippen molar-refractivity contribution in [1.29, 1.82) is 0 Å². The van der Waals surface area contributed by atoms with Gasteiger partial charge in [-0.25, -0.2) is 9.97 Å². The standard InChI is InChI=1S/C18H18N4O3/c1-24-12-6-11(7-13(8-12)25-2)9-20-18-15-5-3-4-14(17(19)23)16(15)21-10-22-18/h3-8,10H,9H2,1-2H3,(H2,19,23)(H,20,21,22). The number of fused-ring (bicyclic) bond motifs is 1. The molecule has 0 spiro atoms. The molecule has 7 heteroatoms. The van der Waals surface area contributed by atoms with Crippen LogP contribution in [-0.2, 0) is 6.54 Å². The van der Waals surface area contributed by atoms with Crippen LogP contribution in [0.5, 0.6) is 11.5 Å². The van der Waals surface area contributed by atoms with E-state index in [1.807, 2.05) is 24.3 Å². The molecule has 0 aliphatic heterocycles. The van der Waals surface area contributed by atoms with E-state index in [2.05, 4.69) is 15.3 Å². The lowest BCUT2D eigenvalue weighted by molar-refractivity contribution is 0.100. The van der Waals surface area contributed by atoms with Crippen LogP contribution in [0.2, 0.25) is 0 Å². The lowest BCUT2D eigenvalue weighted by Crippen LogP contribution is -2.12. The van der Waals surface area contributed by atoms with Crippen LogP contribution in [-0.4, -0.2) is 30.1 Å². The van der Waals surface area contributed by atoms with Gasteiger partial charge in [-0.2, -0.15) is 0 Å². The number of primary amides is 1. The molecule has 0 unspecified atom stereocenters. The Kier molecular flexibility index (Phi) is 4.65. The first kappa shape index (κ1) is 16.5. The summed E-state index contributed by atoms with van der Waals surface area (Å²) < 4.78 is 10.6. The molecule has 128 valence electrons. The van der Waals surface area contributed by atoms with E-state index >= 15 is 0 Å². The molecule has 3 N–H and O–H groups in total. The third kappa shape index (κ3) is 3.45. The van der Waals surface area contributed by atoms with Crippen molar-refractivity contribution in [1.82, 2.24) is 9.97 Å². The molecule has 1 heterocycles. The van der Waals surface area contributed by atoms with Crippen molar-refractivity contribution >= 4 is 22.6 Å². The van der Waals surface area contributed by atoms with Crippen LogP contribution in [0.3, 0.4) is 0 Å². The Labute approximate surface area is 144 Å². The molecule has 1 aromatic heterocycles. The number of nitrogens with zero attached hydrogens (tertiary/aromatic N) is 2. The maximum Gasteiger partial charge on any atom is 0.250 e. The highest BCUT2D eigenvalue weighted by atomic mass is 16.5. The van der Waals surface area contributed by atoms with Crippen LogP contribution in [0.15, 0.2) is 42.7 Å². The molecule has 7 nitrogen and oxygen atoms in total. The molecule has 1 amide bonds. The van der Waals surface area contributed by atoms with Gasteiger partial charge in [0, 0.05) is 18.0 Å². The molecule has 0 aliphatic carbocycles. The molecular formula is C18H18N4O3. The smallest absolute Gasteiger partial charge is 0.250 e. The van der Waals surface area contributed by atoms with Crippen LogP contribution in [0.1, 0.15) is 15.9 Å². The second kappa shape index (κ2) is 7.04. The number of anilines is 1. The maximum absolute atomic E-state index is 11.6. The van der Waals surface area contributed by atoms with Crippen molar-refractivity contribution < 1.29 is 14.3 Å². The van der Waals surface area contributed by atoms with Crippen molar-refractivity contribution in [2.45, 2.75) is 6.54 Å². The topological polar surface area (TPSA) is 99.4 Å². The van der Waals surface area contributed by atoms with Gasteiger partial charge in [0.05, 0.1) is 25.3 Å². The van der Waals surface area contributed by atoms with Crippen LogP contribution in [0.25, 0.3) is 10.9 Å². The quantitative estimate of drug-likeness (QED) is 0.716. The van der Waals surface area contributed by atoms with Gasteiger partial charge in [0.15, 0.2) is 0 Å². The van der Waals surface area contributed by atoms with E-state index in [1.165, 1.54) is 6.33 Å². The van der Waals surface area contributed by atoms with Gasteiger partial charge in [-0.1, -0.05) is 6.07 Å². The second-order valence-electron chi connectivity index (χ2n) is 5.36. The van der Waals surface area contributed by atoms with E-state index in [1.54, 1.807) is 26.4 Å². The number of para-hydroxylation sites is 1. The number of hydrogen-bond donors (Lipinski definition) is 2. The monoisotopic (exact) mass is 338 g/mol. The van der Waals surface area contributed by atoms with Gasteiger partial charge in [-0.05, 0) is 29.8 Å². The third-order valence-electron chi connectivity index (χ3n) is 3.80. The minimum Gasteiger partial charge on any atom is -0.497 e. The number of nitrogens with one attached hydrogen (secondary N) is 1. The Balaban J connectivity index is 1.92. The molecule has 0 atom stereocenters. The Morgan fingerprint density at radius 1 is 1.12 bits per heavy atom. The predicted molar refractivity (Wildman–Crippen MR) is 94.9 cm³/mol. The lowest BCUT2D eigenvalue weighted by atomic mass is 10.1. The first-order valence-electron chi connectivity index (χ1n) is 7.61. The maximum atomic E-state index is 11.6. The molecular weight excluding hydrogens is 320 g/mol. The number of carbonyl (C=O) groups is 1. The Hall–Kier alpha value is -3.35. The van der Waals surface area contributed by atoms with Crippen LogP contribution < -0.4 is 20.5 Å². The van der Waals surface area contributed by atoms with Crippen molar-refractivity contribution in [3.63, 3.8) is 0 Å². The van der Waals surface area contributed by atoms with Crippen LogP contribution >= 0.6 is 0 Å². The largest absolute Gasteiger partial charge is 0.497 e. The SMILES string of the molecule is COc1cc(CNc2ncnc3c(C(N)=O)cccc23)cc(OC)c1. The molecule has 0 fully saturated rings. The predicted octanol–water partition coefficient (Wildman–Crippen LogP) is 2.36. The fraction of sp³-hybridized carbons (Fsp3) is 0.167. The molecule has 2 aromatic carbocycles. The van der Waals surface area contributed by atoms with E-state index < -0.39 is 5.91 Å². The Morgan fingerprint density at radius 3 is 2.48 bits per heavy atom. The molecule has 0 saturated heterocycles. The normalized spacial score (nSPS) is 10.5. The minimum absolute atomic E-state index is 0.367. The molecule has 0 radical (unpaired) electrons. The number of amides is 1. The molecule has 0 aliphatic rings. The fourth-order valence-electron chi connectivity index (χ4n) is 2.58. The number of aromatic nitrogens is 2. The van der Waals surface area contributed by atoms with E-state index in [0.717, 1.165) is 10.9 Å². The number of rotatable bonds is 6. The summed E-state index contributed by atoms with van der Waals surface area (Å²) in [5.41, 5.74) is 7.27. The fourth-order valence-corrected chi connectivity index (χ4v) is 2.58. The summed E-state index contributed by atoms with van der Waals surface area (Å²) in [7, 11) is 3.21. The zero-order chi connectivity index (χ0) is 17.8. The highest BCUT2D eigenvalue weighted by Crippen LogP contribution is 2.25. The van der Waals surface area contributed by atoms with Gasteiger partial charge in [-0.15, -0.1) is 0 Å². The first-order valence-corrected chi connectivity index (χ1v) is 7.61. The average molecular weight is 338 g/mol. The van der Waals surface area contributed by atoms with E-state index in [0.29, 0.717) is 34.9 Å². The first-order chi connectivity index (χ1) is 12.1. The highest BCUT2D eigenvalue weighted by Gasteiger charge is 2.11. The molecule has 3 aromatic rings. The summed E-state index contributed by atoms with van der Waals surface area (Å²) in [6.45, 7) is 0.500. The van der Waals surface area contributed by atoms with Gasteiger partial charge < -0.3 is 20.5 Å². The lowest BCUT2D eigenvalue weighted by Gasteiger charge is -2.11. The van der Waals surface area contributed by atoms with Crippen molar-refractivity contribution in [3.8, 4) is 11.5 Å². The number of carbonyl (C=O) groups excluding carboxylic acids is 1. The summed E-state index contributed by atoms with van der Waals surface area (Å²) in [5.74, 6) is 1.52. The molecule has 3 rings (SSSR count). The van der Waals surface area contributed by atoms with Crippen molar-refractivity contribution in [3.05, 3.63) is 53.9 Å². The van der Waals surface area contributed by atoms with E-state index in [4.69, 9.17) is 15.2 Å². The number of hydrogen-bond acceptors (Lipinski definition) is 6. The van der Waals surface area contributed by atoms with Crippen molar-refractivity contribution in [2.24, 2.45) is 5.73 Å². The summed E-state index contributed by atoms with van der Waals surface area (Å²) >= 11 is 0. The molecule has 0 bridgehead atoms. The van der Waals surface area contributed by atoms with Gasteiger partial charge >= 0.3 is 0 Å². The third-order valence-corrected chi connectivity index (χ3v) is 3.80. The van der Waals surface area contributed by atoms with Gasteiger partial charge in [-0.3, -0.25) is 4.79 Å². The number of benzene rings is 2. The number of nitrogens with two attached hydrogens (primary N) is 1. The zero-order valence-electron chi connectivity index (χ0n) is 13.9. The number of methoxy groups -OCH3 is 2. The Bertz CT molecular complexity index is 905. The van der Waals surface area contributed by atoms with Crippen LogP contribution in [0.4, 0.5) is 5.82 Å². The van der Waals surface area contributed by atoms with Gasteiger partial charge in [0.2, 0.25) is 0 Å². The van der Waals surface area contributed by atoms with E-state index in [-0.39, 0.29) is 0 Å². The summed E-state index contributed by atoms with van der Waals surface area (Å²) in [5, 5.41) is 3.99. The van der Waals surface area contributed by atoms with E-state index in [9.17, 15) is 4.79 Å². The summed E-state index contributed by atoms with van der Waals surface area (Å²) in [6, 6.07) is 10.9. The zero-order valence-corrected chi connectivity index (χ0v) is 13.9.